The van der Waals surface area contributed by atoms with Crippen LogP contribution in [0.15, 0.2) is 23.1 Å². The average Bonchev–Trinajstić information content (AvgIpc) is 2.94. The molecule has 1 amide bonds. The van der Waals surface area contributed by atoms with Crippen LogP contribution in [0.2, 0.25) is 0 Å². The largest absolute Gasteiger partial charge is 0.384 e. The van der Waals surface area contributed by atoms with Gasteiger partial charge in [-0.15, -0.1) is 12.4 Å². The van der Waals surface area contributed by atoms with E-state index in [1.165, 1.54) is 26.2 Å². The maximum absolute atomic E-state index is 12.4. The van der Waals surface area contributed by atoms with Crippen LogP contribution in [0.5, 0.6) is 0 Å². The van der Waals surface area contributed by atoms with Crippen LogP contribution in [0.3, 0.4) is 0 Å². The summed E-state index contributed by atoms with van der Waals surface area (Å²) in [5.41, 5.74) is 7.21. The second kappa shape index (κ2) is 9.55. The molecule has 1 aliphatic rings. The maximum atomic E-state index is 12.4. The minimum absolute atomic E-state index is 0. The zero-order chi connectivity index (χ0) is 18.6. The second-order valence-electron chi connectivity index (χ2n) is 6.63. The van der Waals surface area contributed by atoms with Gasteiger partial charge in [-0.3, -0.25) is 4.79 Å². The van der Waals surface area contributed by atoms with Gasteiger partial charge < -0.3 is 16.4 Å². The quantitative estimate of drug-likeness (QED) is 0.646. The molecule has 0 aromatic heterocycles. The van der Waals surface area contributed by atoms with Gasteiger partial charge in [0, 0.05) is 33.1 Å². The van der Waals surface area contributed by atoms with Gasteiger partial charge in [-0.1, -0.05) is 6.42 Å². The lowest BCUT2D eigenvalue weighted by atomic mass is 10.00. The van der Waals surface area contributed by atoms with Crippen molar-refractivity contribution in [3.05, 3.63) is 18.2 Å². The first-order valence-electron chi connectivity index (χ1n) is 8.61. The number of hydrogen-bond donors (Lipinski definition) is 3. The highest BCUT2D eigenvalue weighted by molar-refractivity contribution is 7.89. The molecule has 4 N–H and O–H groups in total. The fraction of sp³-hybridized carbons (Fsp3) is 0.588. The SMILES string of the molecule is CCNc1ccc(S(=O)(=O)N(C)C)cc1NC(=O)C[C@@H]1CCC[C@H]1N.Cl. The molecule has 1 aliphatic carbocycles. The molecular formula is C17H29ClN4O3S. The number of carbonyl (C=O) groups excluding carboxylic acids is 1. The van der Waals surface area contributed by atoms with Crippen LogP contribution in [0.25, 0.3) is 0 Å². The molecule has 0 heterocycles. The van der Waals surface area contributed by atoms with Crippen molar-refractivity contribution in [1.29, 1.82) is 0 Å². The number of amides is 1. The molecule has 2 atom stereocenters. The summed E-state index contributed by atoms with van der Waals surface area (Å²) in [6.45, 7) is 2.60. The van der Waals surface area contributed by atoms with Crippen molar-refractivity contribution in [1.82, 2.24) is 4.31 Å². The Labute approximate surface area is 162 Å². The predicted octanol–water partition coefficient (Wildman–Crippen LogP) is 2.25. The van der Waals surface area contributed by atoms with Gasteiger partial charge in [0.15, 0.2) is 0 Å². The van der Waals surface area contributed by atoms with Crippen LogP contribution < -0.4 is 16.4 Å². The van der Waals surface area contributed by atoms with E-state index in [0.717, 1.165) is 23.6 Å². The standard InChI is InChI=1S/C17H28N4O3S.ClH/c1-4-19-15-9-8-13(25(23,24)21(2)3)11-16(15)20-17(22)10-12-6-5-7-14(12)18;/h8-9,11-12,14,19H,4-7,10,18H2,1-3H3,(H,20,22);1H/t12-,14+;/m0./s1. The normalized spacial score (nSPS) is 19.9. The number of nitrogens with two attached hydrogens (primary N) is 1. The lowest BCUT2D eigenvalue weighted by molar-refractivity contribution is -0.117. The van der Waals surface area contributed by atoms with Crippen molar-refractivity contribution in [3.8, 4) is 0 Å². The molecule has 0 spiro atoms. The monoisotopic (exact) mass is 404 g/mol. The molecule has 1 fully saturated rings. The Balaban J connectivity index is 0.00000338. The van der Waals surface area contributed by atoms with E-state index < -0.39 is 10.0 Å². The average molecular weight is 405 g/mol. The summed E-state index contributed by atoms with van der Waals surface area (Å²) in [5.74, 6) is 0.0529. The van der Waals surface area contributed by atoms with E-state index in [1.807, 2.05) is 6.92 Å². The van der Waals surface area contributed by atoms with Crippen LogP contribution in [0, 0.1) is 5.92 Å². The minimum atomic E-state index is -3.56. The van der Waals surface area contributed by atoms with E-state index in [2.05, 4.69) is 10.6 Å². The second-order valence-corrected chi connectivity index (χ2v) is 8.78. The van der Waals surface area contributed by atoms with Gasteiger partial charge in [-0.25, -0.2) is 12.7 Å². The first-order valence-corrected chi connectivity index (χ1v) is 10.1. The van der Waals surface area contributed by atoms with Crippen molar-refractivity contribution < 1.29 is 13.2 Å². The molecule has 0 aliphatic heterocycles. The third kappa shape index (κ3) is 5.33. The van der Waals surface area contributed by atoms with Crippen molar-refractivity contribution in [3.63, 3.8) is 0 Å². The molecule has 9 heteroatoms. The molecule has 26 heavy (non-hydrogen) atoms. The van der Waals surface area contributed by atoms with Crippen molar-refractivity contribution in [2.24, 2.45) is 11.7 Å². The summed E-state index contributed by atoms with van der Waals surface area (Å²) in [6, 6.07) is 4.78. The third-order valence-corrected chi connectivity index (χ3v) is 6.39. The zero-order valence-corrected chi connectivity index (χ0v) is 17.1. The Morgan fingerprint density at radius 3 is 2.50 bits per heavy atom. The predicted molar refractivity (Wildman–Crippen MR) is 107 cm³/mol. The van der Waals surface area contributed by atoms with Gasteiger partial charge in [-0.2, -0.15) is 0 Å². The molecule has 1 saturated carbocycles. The molecule has 7 nitrogen and oxygen atoms in total. The summed E-state index contributed by atoms with van der Waals surface area (Å²) in [5, 5.41) is 6.00. The first kappa shape index (κ1) is 22.7. The zero-order valence-electron chi connectivity index (χ0n) is 15.5. The number of hydrogen-bond acceptors (Lipinski definition) is 5. The van der Waals surface area contributed by atoms with E-state index in [4.69, 9.17) is 5.73 Å². The molecule has 1 aromatic carbocycles. The summed E-state index contributed by atoms with van der Waals surface area (Å²) >= 11 is 0. The topological polar surface area (TPSA) is 105 Å². The van der Waals surface area contributed by atoms with Gasteiger partial charge in [-0.05, 0) is 43.9 Å². The smallest absolute Gasteiger partial charge is 0.242 e. The van der Waals surface area contributed by atoms with E-state index in [9.17, 15) is 13.2 Å². The molecule has 0 unspecified atom stereocenters. The maximum Gasteiger partial charge on any atom is 0.242 e. The highest BCUT2D eigenvalue weighted by atomic mass is 35.5. The van der Waals surface area contributed by atoms with Crippen LogP contribution in [-0.2, 0) is 14.8 Å². The lowest BCUT2D eigenvalue weighted by Gasteiger charge is -2.18. The number of anilines is 2. The van der Waals surface area contributed by atoms with Gasteiger partial charge in [0.25, 0.3) is 0 Å². The van der Waals surface area contributed by atoms with Crippen LogP contribution in [0.1, 0.15) is 32.6 Å². The lowest BCUT2D eigenvalue weighted by Crippen LogP contribution is -2.28. The number of halogens is 1. The summed E-state index contributed by atoms with van der Waals surface area (Å²) in [7, 11) is -0.605. The number of nitrogens with one attached hydrogen (secondary N) is 2. The van der Waals surface area contributed by atoms with Crippen molar-refractivity contribution in [2.75, 3.05) is 31.3 Å². The van der Waals surface area contributed by atoms with Crippen LogP contribution >= 0.6 is 12.4 Å². The Morgan fingerprint density at radius 1 is 1.27 bits per heavy atom. The number of carbonyl (C=O) groups is 1. The highest BCUT2D eigenvalue weighted by Crippen LogP contribution is 2.29. The van der Waals surface area contributed by atoms with E-state index in [1.54, 1.807) is 6.07 Å². The Bertz CT molecular complexity index is 725. The molecule has 0 saturated heterocycles. The Hall–Kier alpha value is -1.35. The van der Waals surface area contributed by atoms with Crippen molar-refractivity contribution in [2.45, 2.75) is 43.5 Å². The molecule has 148 valence electrons. The highest BCUT2D eigenvalue weighted by Gasteiger charge is 2.26. The summed E-state index contributed by atoms with van der Waals surface area (Å²) in [6.07, 6.45) is 3.33. The fourth-order valence-electron chi connectivity index (χ4n) is 3.10. The molecule has 0 bridgehead atoms. The number of benzene rings is 1. The minimum Gasteiger partial charge on any atom is -0.384 e. The number of nitrogens with zero attached hydrogens (tertiary/aromatic N) is 1. The molecule has 2 rings (SSSR count). The molecule has 0 radical (unpaired) electrons. The Morgan fingerprint density at radius 2 is 1.96 bits per heavy atom. The molecular weight excluding hydrogens is 376 g/mol. The van der Waals surface area contributed by atoms with Crippen LogP contribution in [0.4, 0.5) is 11.4 Å². The number of rotatable bonds is 7. The molecule has 1 aromatic rings. The first-order chi connectivity index (χ1) is 11.8. The van der Waals surface area contributed by atoms with Crippen molar-refractivity contribution >= 4 is 39.7 Å². The fourth-order valence-corrected chi connectivity index (χ4v) is 4.03. The summed E-state index contributed by atoms with van der Waals surface area (Å²) < 4.78 is 25.8. The van der Waals surface area contributed by atoms with Gasteiger partial charge in [0.05, 0.1) is 16.3 Å². The van der Waals surface area contributed by atoms with E-state index in [-0.39, 0.29) is 35.2 Å². The van der Waals surface area contributed by atoms with E-state index >= 15 is 0 Å². The van der Waals surface area contributed by atoms with Gasteiger partial charge in [0.2, 0.25) is 15.9 Å². The van der Waals surface area contributed by atoms with Gasteiger partial charge >= 0.3 is 0 Å². The van der Waals surface area contributed by atoms with E-state index in [0.29, 0.717) is 24.3 Å². The third-order valence-electron chi connectivity index (χ3n) is 4.58. The Kier molecular flexibility index (Phi) is 8.33. The number of sulfonamides is 1. The summed E-state index contributed by atoms with van der Waals surface area (Å²) in [4.78, 5) is 12.6. The van der Waals surface area contributed by atoms with Crippen LogP contribution in [-0.4, -0.2) is 45.3 Å². The van der Waals surface area contributed by atoms with Gasteiger partial charge in [0.1, 0.15) is 0 Å².